The Morgan fingerprint density at radius 3 is 2.53 bits per heavy atom. The lowest BCUT2D eigenvalue weighted by Gasteiger charge is -2.29. The first-order valence-corrected chi connectivity index (χ1v) is 12.8. The molecule has 1 fully saturated rings. The number of thiocarbonyl (C=S) groups is 1. The third kappa shape index (κ3) is 5.21. The van der Waals surface area contributed by atoms with E-state index in [9.17, 15) is 0 Å². The molecule has 0 radical (unpaired) electrons. The van der Waals surface area contributed by atoms with Crippen LogP contribution < -0.4 is 15.4 Å². The Bertz CT molecular complexity index is 1260. The van der Waals surface area contributed by atoms with Crippen LogP contribution in [0.3, 0.4) is 0 Å². The van der Waals surface area contributed by atoms with E-state index in [-0.39, 0.29) is 12.1 Å². The van der Waals surface area contributed by atoms with E-state index in [1.54, 1.807) is 0 Å². The summed E-state index contributed by atoms with van der Waals surface area (Å²) in [6, 6.07) is 28.8. The number of nitrogens with zero attached hydrogens (tertiary/aromatic N) is 3. The lowest BCUT2D eigenvalue weighted by atomic mass is 10.0. The summed E-state index contributed by atoms with van der Waals surface area (Å²) < 4.78 is 7.88. The molecule has 1 aliphatic rings. The van der Waals surface area contributed by atoms with Gasteiger partial charge in [0.2, 0.25) is 0 Å². The molecule has 6 nitrogen and oxygen atoms in total. The molecule has 0 aliphatic carbocycles. The van der Waals surface area contributed by atoms with E-state index in [1.165, 1.54) is 0 Å². The van der Waals surface area contributed by atoms with E-state index < -0.39 is 0 Å². The Kier molecular flexibility index (Phi) is 7.47. The Labute approximate surface area is 217 Å². The van der Waals surface area contributed by atoms with Gasteiger partial charge in [0.1, 0.15) is 5.75 Å². The van der Waals surface area contributed by atoms with Crippen LogP contribution in [0.2, 0.25) is 0 Å². The SMILES string of the molecule is CCOc1ccc(-n2cccc2[C@H]2[C@H](c3ccccn3)NC(=S)N2CCCNc2ccccc2)cc1. The highest BCUT2D eigenvalue weighted by Crippen LogP contribution is 2.39. The summed E-state index contributed by atoms with van der Waals surface area (Å²) >= 11 is 5.86. The number of rotatable bonds is 10. The minimum absolute atomic E-state index is 0.00527. The third-order valence-electron chi connectivity index (χ3n) is 6.39. The minimum Gasteiger partial charge on any atom is -0.494 e. The zero-order valence-corrected chi connectivity index (χ0v) is 21.2. The zero-order chi connectivity index (χ0) is 24.7. The molecule has 0 spiro atoms. The lowest BCUT2D eigenvalue weighted by Crippen LogP contribution is -2.32. The first-order chi connectivity index (χ1) is 17.7. The first kappa shape index (κ1) is 23.9. The molecule has 4 aromatic rings. The highest BCUT2D eigenvalue weighted by Gasteiger charge is 2.40. The van der Waals surface area contributed by atoms with Crippen molar-refractivity contribution in [1.82, 2.24) is 19.8 Å². The van der Waals surface area contributed by atoms with E-state index in [4.69, 9.17) is 17.0 Å². The summed E-state index contributed by atoms with van der Waals surface area (Å²) in [5.41, 5.74) is 4.36. The maximum absolute atomic E-state index is 5.86. The van der Waals surface area contributed by atoms with Gasteiger partial charge in [0.25, 0.3) is 0 Å². The molecular formula is C29H31N5OS. The average molecular weight is 498 g/mol. The Morgan fingerprint density at radius 2 is 1.78 bits per heavy atom. The second-order valence-electron chi connectivity index (χ2n) is 8.70. The molecule has 2 N–H and O–H groups in total. The van der Waals surface area contributed by atoms with Gasteiger partial charge in [-0.05, 0) is 86.2 Å². The van der Waals surface area contributed by atoms with Crippen LogP contribution in [0, 0.1) is 0 Å². The van der Waals surface area contributed by atoms with Crippen molar-refractivity contribution in [3.05, 3.63) is 109 Å². The Morgan fingerprint density at radius 1 is 0.972 bits per heavy atom. The predicted molar refractivity (Wildman–Crippen MR) is 149 cm³/mol. The van der Waals surface area contributed by atoms with Gasteiger partial charge in [-0.3, -0.25) is 4.98 Å². The van der Waals surface area contributed by atoms with Gasteiger partial charge in [-0.1, -0.05) is 24.3 Å². The van der Waals surface area contributed by atoms with Crippen LogP contribution in [0.15, 0.2) is 97.3 Å². The summed E-state index contributed by atoms with van der Waals surface area (Å²) in [5, 5.41) is 7.83. The zero-order valence-electron chi connectivity index (χ0n) is 20.4. The summed E-state index contributed by atoms with van der Waals surface area (Å²) in [6.45, 7) is 4.34. The van der Waals surface area contributed by atoms with Crippen molar-refractivity contribution >= 4 is 23.0 Å². The van der Waals surface area contributed by atoms with Crippen LogP contribution in [-0.4, -0.2) is 39.3 Å². The summed E-state index contributed by atoms with van der Waals surface area (Å²) in [6.07, 6.45) is 4.90. The van der Waals surface area contributed by atoms with Crippen LogP contribution in [0.5, 0.6) is 5.75 Å². The van der Waals surface area contributed by atoms with Gasteiger partial charge in [-0.25, -0.2) is 0 Å². The number of ether oxygens (including phenoxy) is 1. The first-order valence-electron chi connectivity index (χ1n) is 12.4. The Balaban J connectivity index is 1.41. The van der Waals surface area contributed by atoms with E-state index >= 15 is 0 Å². The normalized spacial score (nSPS) is 17.1. The molecule has 5 rings (SSSR count). The average Bonchev–Trinajstić information content (AvgIpc) is 3.53. The van der Waals surface area contributed by atoms with E-state index in [2.05, 4.69) is 73.7 Å². The van der Waals surface area contributed by atoms with E-state index in [0.717, 1.165) is 53.1 Å². The topological polar surface area (TPSA) is 54.4 Å². The molecule has 3 heterocycles. The number of hydrogen-bond acceptors (Lipinski definition) is 4. The molecular weight excluding hydrogens is 466 g/mol. The van der Waals surface area contributed by atoms with Crippen LogP contribution >= 0.6 is 12.2 Å². The fraction of sp³-hybridized carbons (Fsp3) is 0.241. The molecule has 7 heteroatoms. The molecule has 0 saturated carbocycles. The molecule has 1 aliphatic heterocycles. The van der Waals surface area contributed by atoms with Gasteiger partial charge in [0.15, 0.2) is 5.11 Å². The van der Waals surface area contributed by atoms with Crippen molar-refractivity contribution in [2.45, 2.75) is 25.4 Å². The smallest absolute Gasteiger partial charge is 0.170 e. The van der Waals surface area contributed by atoms with Crippen molar-refractivity contribution in [2.24, 2.45) is 0 Å². The standard InChI is InChI=1S/C29H31N5OS/c1-2-35-24-16-14-23(15-17-24)33-20-8-13-26(33)28-27(25-12-6-7-18-31-25)32-29(36)34(28)21-9-19-30-22-10-4-3-5-11-22/h3-8,10-18,20,27-28,30H,2,9,19,21H2,1H3,(H,32,36)/t27-,28-/m0/s1. The summed E-state index contributed by atoms with van der Waals surface area (Å²) in [4.78, 5) is 6.98. The molecule has 0 amide bonds. The fourth-order valence-corrected chi connectivity index (χ4v) is 5.08. The minimum atomic E-state index is -0.0443. The van der Waals surface area contributed by atoms with Crippen molar-refractivity contribution in [3.8, 4) is 11.4 Å². The molecule has 2 aromatic carbocycles. The fourth-order valence-electron chi connectivity index (χ4n) is 4.75. The van der Waals surface area contributed by atoms with E-state index in [0.29, 0.717) is 6.61 Å². The lowest BCUT2D eigenvalue weighted by molar-refractivity contribution is 0.307. The molecule has 2 atom stereocenters. The van der Waals surface area contributed by atoms with Crippen molar-refractivity contribution < 1.29 is 4.74 Å². The molecule has 184 valence electrons. The van der Waals surface area contributed by atoms with Crippen LogP contribution in [0.4, 0.5) is 5.69 Å². The number of pyridine rings is 1. The molecule has 0 bridgehead atoms. The summed E-state index contributed by atoms with van der Waals surface area (Å²) in [7, 11) is 0. The molecule has 0 unspecified atom stereocenters. The Hall–Kier alpha value is -3.84. The number of hydrogen-bond donors (Lipinski definition) is 2. The van der Waals surface area contributed by atoms with Gasteiger partial charge in [0, 0.05) is 42.6 Å². The molecule has 2 aromatic heterocycles. The quantitative estimate of drug-likeness (QED) is 0.215. The van der Waals surface area contributed by atoms with Gasteiger partial charge >= 0.3 is 0 Å². The second kappa shape index (κ2) is 11.3. The predicted octanol–water partition coefficient (Wildman–Crippen LogP) is 5.75. The van der Waals surface area contributed by atoms with E-state index in [1.807, 2.05) is 55.6 Å². The largest absolute Gasteiger partial charge is 0.494 e. The maximum Gasteiger partial charge on any atom is 0.170 e. The third-order valence-corrected chi connectivity index (χ3v) is 6.74. The monoisotopic (exact) mass is 497 g/mol. The number of benzene rings is 2. The number of anilines is 1. The van der Waals surface area contributed by atoms with Crippen molar-refractivity contribution in [1.29, 1.82) is 0 Å². The highest BCUT2D eigenvalue weighted by atomic mass is 32.1. The van der Waals surface area contributed by atoms with Gasteiger partial charge in [-0.2, -0.15) is 0 Å². The van der Waals surface area contributed by atoms with Crippen LogP contribution in [-0.2, 0) is 0 Å². The number of nitrogens with one attached hydrogen (secondary N) is 2. The van der Waals surface area contributed by atoms with Gasteiger partial charge < -0.3 is 24.8 Å². The number of para-hydroxylation sites is 1. The van der Waals surface area contributed by atoms with Crippen LogP contribution in [0.25, 0.3) is 5.69 Å². The number of aromatic nitrogens is 2. The highest BCUT2D eigenvalue weighted by molar-refractivity contribution is 7.80. The summed E-state index contributed by atoms with van der Waals surface area (Å²) in [5.74, 6) is 0.873. The van der Waals surface area contributed by atoms with Gasteiger partial charge in [-0.15, -0.1) is 0 Å². The molecule has 36 heavy (non-hydrogen) atoms. The molecule has 1 saturated heterocycles. The maximum atomic E-state index is 5.86. The second-order valence-corrected chi connectivity index (χ2v) is 9.08. The van der Waals surface area contributed by atoms with Gasteiger partial charge in [0.05, 0.1) is 24.4 Å². The van der Waals surface area contributed by atoms with Crippen molar-refractivity contribution in [3.63, 3.8) is 0 Å². The van der Waals surface area contributed by atoms with Crippen LogP contribution in [0.1, 0.15) is 36.8 Å². The van der Waals surface area contributed by atoms with Crippen molar-refractivity contribution in [2.75, 3.05) is 25.0 Å².